The maximum Gasteiger partial charge on any atom is 0.228 e. The van der Waals surface area contributed by atoms with Gasteiger partial charge in [-0.25, -0.2) is 9.67 Å². The minimum absolute atomic E-state index is 0.532. The van der Waals surface area contributed by atoms with Crippen LogP contribution >= 0.6 is 0 Å². The summed E-state index contributed by atoms with van der Waals surface area (Å²) in [5.41, 5.74) is 6.67. The third kappa shape index (κ3) is 3.97. The number of fused-ring (bicyclic) bond motifs is 1. The van der Waals surface area contributed by atoms with E-state index < -0.39 is 0 Å². The zero-order valence-corrected chi connectivity index (χ0v) is 17.7. The lowest BCUT2D eigenvalue weighted by molar-refractivity contribution is 0.696. The monoisotopic (exact) mass is 401 g/mol. The Morgan fingerprint density at radius 1 is 1.20 bits per heavy atom. The summed E-state index contributed by atoms with van der Waals surface area (Å²) in [4.78, 5) is 9.11. The second-order valence-electron chi connectivity index (χ2n) is 7.45. The van der Waals surface area contributed by atoms with Gasteiger partial charge in [0.1, 0.15) is 0 Å². The maximum absolute atomic E-state index is 4.64. The SMILES string of the molecule is C=CC1=C(/C=C/Nc2ncc3c(Nc4c(C)cccc4C)nn(C)c3n2)CNCC1. The van der Waals surface area contributed by atoms with Gasteiger partial charge in [0.25, 0.3) is 0 Å². The zero-order chi connectivity index (χ0) is 21.1. The third-order valence-electron chi connectivity index (χ3n) is 5.35. The van der Waals surface area contributed by atoms with Crippen molar-refractivity contribution in [2.75, 3.05) is 23.7 Å². The van der Waals surface area contributed by atoms with Gasteiger partial charge in [-0.15, -0.1) is 0 Å². The lowest BCUT2D eigenvalue weighted by atomic mass is 10.0. The smallest absolute Gasteiger partial charge is 0.228 e. The fraction of sp³-hybridized carbons (Fsp3) is 0.261. The van der Waals surface area contributed by atoms with Crippen molar-refractivity contribution < 1.29 is 0 Å². The number of allylic oxidation sites excluding steroid dienone is 1. The fourth-order valence-electron chi connectivity index (χ4n) is 3.67. The van der Waals surface area contributed by atoms with Gasteiger partial charge in [0, 0.05) is 31.7 Å². The molecule has 0 atom stereocenters. The normalized spacial score (nSPS) is 14.5. The van der Waals surface area contributed by atoms with Crippen molar-refractivity contribution in [3.63, 3.8) is 0 Å². The number of benzene rings is 1. The Morgan fingerprint density at radius 3 is 2.77 bits per heavy atom. The van der Waals surface area contributed by atoms with Crippen molar-refractivity contribution in [1.29, 1.82) is 0 Å². The molecule has 1 aliphatic rings. The van der Waals surface area contributed by atoms with Gasteiger partial charge < -0.3 is 16.0 Å². The summed E-state index contributed by atoms with van der Waals surface area (Å²) in [7, 11) is 1.89. The van der Waals surface area contributed by atoms with Crippen molar-refractivity contribution in [3.8, 4) is 0 Å². The summed E-state index contributed by atoms with van der Waals surface area (Å²) < 4.78 is 1.77. The van der Waals surface area contributed by atoms with E-state index in [4.69, 9.17) is 0 Å². The van der Waals surface area contributed by atoms with E-state index in [-0.39, 0.29) is 0 Å². The molecule has 30 heavy (non-hydrogen) atoms. The van der Waals surface area contributed by atoms with E-state index in [0.29, 0.717) is 5.95 Å². The van der Waals surface area contributed by atoms with Crippen LogP contribution in [0, 0.1) is 13.8 Å². The molecule has 0 unspecified atom stereocenters. The van der Waals surface area contributed by atoms with Crippen LogP contribution in [0.4, 0.5) is 17.5 Å². The number of aromatic nitrogens is 4. The number of para-hydroxylation sites is 1. The molecule has 154 valence electrons. The largest absolute Gasteiger partial charge is 0.338 e. The van der Waals surface area contributed by atoms with Crippen LogP contribution in [0.3, 0.4) is 0 Å². The molecule has 7 heteroatoms. The number of anilines is 3. The zero-order valence-electron chi connectivity index (χ0n) is 17.7. The molecule has 0 amide bonds. The topological polar surface area (TPSA) is 79.7 Å². The summed E-state index contributed by atoms with van der Waals surface area (Å²) in [6.45, 7) is 9.91. The highest BCUT2D eigenvalue weighted by Gasteiger charge is 2.13. The van der Waals surface area contributed by atoms with Crippen molar-refractivity contribution in [2.45, 2.75) is 20.3 Å². The Bertz CT molecular complexity index is 1130. The number of rotatable bonds is 6. The predicted molar refractivity (Wildman–Crippen MR) is 123 cm³/mol. The molecule has 3 heterocycles. The molecule has 0 saturated heterocycles. The molecule has 3 N–H and O–H groups in total. The van der Waals surface area contributed by atoms with Crippen molar-refractivity contribution >= 4 is 28.5 Å². The summed E-state index contributed by atoms with van der Waals surface area (Å²) in [5.74, 6) is 1.28. The molecule has 1 aromatic carbocycles. The van der Waals surface area contributed by atoms with Crippen LogP contribution in [0.25, 0.3) is 11.0 Å². The molecule has 0 fully saturated rings. The number of nitrogens with one attached hydrogen (secondary N) is 3. The molecule has 0 bridgehead atoms. The first-order valence-corrected chi connectivity index (χ1v) is 10.1. The Kier molecular flexibility index (Phi) is 5.63. The first-order valence-electron chi connectivity index (χ1n) is 10.1. The van der Waals surface area contributed by atoms with Gasteiger partial charge in [0.05, 0.1) is 5.39 Å². The highest BCUT2D eigenvalue weighted by atomic mass is 15.3. The molecule has 0 spiro atoms. The van der Waals surface area contributed by atoms with Crippen molar-refractivity contribution in [1.82, 2.24) is 25.1 Å². The van der Waals surface area contributed by atoms with Gasteiger partial charge in [-0.1, -0.05) is 30.9 Å². The van der Waals surface area contributed by atoms with E-state index >= 15 is 0 Å². The highest BCUT2D eigenvalue weighted by molar-refractivity contribution is 5.90. The second kappa shape index (κ2) is 8.51. The lowest BCUT2D eigenvalue weighted by Gasteiger charge is -2.16. The van der Waals surface area contributed by atoms with Gasteiger partial charge in [-0.3, -0.25) is 0 Å². The lowest BCUT2D eigenvalue weighted by Crippen LogP contribution is -2.24. The van der Waals surface area contributed by atoms with E-state index in [1.54, 1.807) is 10.9 Å². The van der Waals surface area contributed by atoms with Crippen LogP contribution in [0.15, 0.2) is 60.5 Å². The highest BCUT2D eigenvalue weighted by Crippen LogP contribution is 2.28. The molecular weight excluding hydrogens is 374 g/mol. The first kappa shape index (κ1) is 19.8. The van der Waals surface area contributed by atoms with Gasteiger partial charge >= 0.3 is 0 Å². The average molecular weight is 402 g/mol. The summed E-state index contributed by atoms with van der Waals surface area (Å²) in [6, 6.07) is 6.22. The van der Waals surface area contributed by atoms with Gasteiger partial charge in [0.15, 0.2) is 11.5 Å². The van der Waals surface area contributed by atoms with E-state index in [9.17, 15) is 0 Å². The van der Waals surface area contributed by atoms with Crippen LogP contribution in [0.1, 0.15) is 17.5 Å². The number of aryl methyl sites for hydroxylation is 3. The number of nitrogens with zero attached hydrogens (tertiary/aromatic N) is 4. The predicted octanol–water partition coefficient (Wildman–Crippen LogP) is 4.13. The molecule has 0 radical (unpaired) electrons. The van der Waals surface area contributed by atoms with E-state index in [1.807, 2.05) is 25.4 Å². The molecular formula is C23H27N7. The molecule has 0 saturated carbocycles. The fourth-order valence-corrected chi connectivity index (χ4v) is 3.67. The molecule has 3 aromatic rings. The summed E-state index contributed by atoms with van der Waals surface area (Å²) in [5, 5.41) is 15.5. The van der Waals surface area contributed by atoms with E-state index in [1.165, 1.54) is 22.3 Å². The number of hydrogen-bond donors (Lipinski definition) is 3. The summed E-state index contributed by atoms with van der Waals surface area (Å²) in [6.07, 6.45) is 8.66. The van der Waals surface area contributed by atoms with Crippen molar-refractivity contribution in [3.05, 3.63) is 71.6 Å². The quantitative estimate of drug-likeness (QED) is 0.576. The van der Waals surface area contributed by atoms with Crippen LogP contribution in [0.2, 0.25) is 0 Å². The summed E-state index contributed by atoms with van der Waals surface area (Å²) >= 11 is 0. The molecule has 4 rings (SSSR count). The molecule has 1 aliphatic heterocycles. The third-order valence-corrected chi connectivity index (χ3v) is 5.35. The molecule has 2 aromatic heterocycles. The average Bonchev–Trinajstić information content (AvgIpc) is 3.06. The van der Waals surface area contributed by atoms with Crippen LogP contribution in [-0.4, -0.2) is 32.8 Å². The van der Waals surface area contributed by atoms with E-state index in [2.05, 4.69) is 69.6 Å². The Morgan fingerprint density at radius 2 is 2.00 bits per heavy atom. The molecule has 0 aliphatic carbocycles. The Labute approximate surface area is 176 Å². The standard InChI is InChI=1S/C23H27N7/c1-5-17-9-11-24-13-18(17)10-12-25-23-26-14-19-21(29-30(4)22(19)28-23)27-20-15(2)7-6-8-16(20)3/h5-8,10,12,14,24H,1,9,11,13H2,2-4H3,(H,27,29)(H,25,26,28)/b12-10+. The van der Waals surface area contributed by atoms with Crippen molar-refractivity contribution in [2.24, 2.45) is 7.05 Å². The van der Waals surface area contributed by atoms with E-state index in [0.717, 1.165) is 42.0 Å². The first-order chi connectivity index (χ1) is 14.6. The number of hydrogen-bond acceptors (Lipinski definition) is 6. The Balaban J connectivity index is 1.57. The minimum Gasteiger partial charge on any atom is -0.338 e. The minimum atomic E-state index is 0.532. The maximum atomic E-state index is 4.64. The van der Waals surface area contributed by atoms with Gasteiger partial charge in [-0.05, 0) is 55.2 Å². The van der Waals surface area contributed by atoms with Crippen LogP contribution in [0.5, 0.6) is 0 Å². The van der Waals surface area contributed by atoms with Gasteiger partial charge in [-0.2, -0.15) is 10.1 Å². The van der Waals surface area contributed by atoms with Gasteiger partial charge in [0.2, 0.25) is 5.95 Å². The van der Waals surface area contributed by atoms with Crippen LogP contribution < -0.4 is 16.0 Å². The second-order valence-corrected chi connectivity index (χ2v) is 7.45. The Hall–Kier alpha value is -3.45. The molecule has 7 nitrogen and oxygen atoms in total. The van der Waals surface area contributed by atoms with Crippen LogP contribution in [-0.2, 0) is 7.05 Å².